The van der Waals surface area contributed by atoms with Gasteiger partial charge in [-0.05, 0) is 12.0 Å². The van der Waals surface area contributed by atoms with Crippen molar-refractivity contribution in [1.29, 1.82) is 0 Å². The Morgan fingerprint density at radius 2 is 1.77 bits per heavy atom. The quantitative estimate of drug-likeness (QED) is 0.500. The van der Waals surface area contributed by atoms with Crippen molar-refractivity contribution >= 4 is 26.6 Å². The maximum absolute atomic E-state index is 12.9. The molecule has 0 aliphatic heterocycles. The van der Waals surface area contributed by atoms with Crippen LogP contribution in [0, 0.1) is 0 Å². The van der Waals surface area contributed by atoms with Gasteiger partial charge in [-0.3, -0.25) is 9.40 Å². The second-order valence-electron chi connectivity index (χ2n) is 6.65. The van der Waals surface area contributed by atoms with E-state index in [-0.39, 0.29) is 10.8 Å². The molecular formula is C18H16F3N7O2S. The van der Waals surface area contributed by atoms with Crippen LogP contribution < -0.4 is 4.72 Å². The Morgan fingerprint density at radius 1 is 1.06 bits per heavy atom. The highest BCUT2D eigenvalue weighted by Crippen LogP contribution is 2.30. The van der Waals surface area contributed by atoms with Gasteiger partial charge in [0, 0.05) is 18.6 Å². The number of fused-ring (bicyclic) bond motifs is 1. The predicted molar refractivity (Wildman–Crippen MR) is 105 cm³/mol. The molecule has 0 saturated carbocycles. The van der Waals surface area contributed by atoms with E-state index >= 15 is 0 Å². The van der Waals surface area contributed by atoms with Gasteiger partial charge in [-0.1, -0.05) is 19.1 Å². The fraction of sp³-hybridized carbons (Fsp3) is 0.222. The van der Waals surface area contributed by atoms with Gasteiger partial charge in [-0.15, -0.1) is 0 Å². The van der Waals surface area contributed by atoms with E-state index in [1.54, 1.807) is 17.9 Å². The first-order chi connectivity index (χ1) is 14.6. The summed E-state index contributed by atoms with van der Waals surface area (Å²) < 4.78 is 69.0. The maximum Gasteiger partial charge on any atom is 0.419 e. The Kier molecular flexibility index (Phi) is 4.92. The molecule has 1 aromatic carbocycles. The Bertz CT molecular complexity index is 1360. The van der Waals surface area contributed by atoms with E-state index in [0.29, 0.717) is 23.8 Å². The van der Waals surface area contributed by atoms with Crippen LogP contribution >= 0.6 is 0 Å². The molecule has 0 amide bonds. The molecule has 0 atom stereocenters. The fourth-order valence-electron chi connectivity index (χ4n) is 3.06. The van der Waals surface area contributed by atoms with Crippen molar-refractivity contribution in [3.63, 3.8) is 0 Å². The third-order valence-corrected chi connectivity index (χ3v) is 5.95. The van der Waals surface area contributed by atoms with Gasteiger partial charge in [0.1, 0.15) is 4.90 Å². The number of benzene rings is 1. The SMILES string of the molecule is CCc1ccc2cnn(C)c2c1NS(=O)(=O)c1cnc(-n2cc(C(F)(F)F)cn2)nc1. The largest absolute Gasteiger partial charge is 0.419 e. The Balaban J connectivity index is 1.67. The van der Waals surface area contributed by atoms with Crippen LogP contribution in [0.1, 0.15) is 18.1 Å². The Hall–Kier alpha value is -3.48. The lowest BCUT2D eigenvalue weighted by Crippen LogP contribution is -2.16. The number of aromatic nitrogens is 6. The molecule has 0 spiro atoms. The number of nitrogens with zero attached hydrogens (tertiary/aromatic N) is 6. The van der Waals surface area contributed by atoms with Gasteiger partial charge < -0.3 is 0 Å². The Morgan fingerprint density at radius 3 is 2.39 bits per heavy atom. The van der Waals surface area contributed by atoms with E-state index in [4.69, 9.17) is 0 Å². The van der Waals surface area contributed by atoms with Crippen molar-refractivity contribution in [3.8, 4) is 5.95 Å². The predicted octanol–water partition coefficient (Wildman–Crippen LogP) is 2.93. The molecule has 4 rings (SSSR count). The first kappa shape index (κ1) is 20.8. The van der Waals surface area contributed by atoms with Crippen molar-refractivity contribution in [2.75, 3.05) is 4.72 Å². The number of nitrogens with one attached hydrogen (secondary N) is 1. The van der Waals surface area contributed by atoms with Crippen LogP contribution in [0.4, 0.5) is 18.9 Å². The molecule has 0 radical (unpaired) electrons. The van der Waals surface area contributed by atoms with Crippen molar-refractivity contribution in [3.05, 3.63) is 54.2 Å². The van der Waals surface area contributed by atoms with Gasteiger partial charge in [-0.2, -0.15) is 23.4 Å². The van der Waals surface area contributed by atoms with Crippen molar-refractivity contribution in [2.45, 2.75) is 24.4 Å². The standard InChI is InChI=1S/C18H16F3N7O2S/c1-3-11-4-5-12-6-24-27(2)16(12)15(11)26-31(29,30)14-8-22-17(23-9-14)28-10-13(7-25-28)18(19,20)21/h4-10,26H,3H2,1-2H3. The van der Waals surface area contributed by atoms with Crippen LogP contribution in [0.25, 0.3) is 16.9 Å². The number of halogens is 3. The number of alkyl halides is 3. The van der Waals surface area contributed by atoms with Crippen LogP contribution in [0.15, 0.2) is 48.0 Å². The number of anilines is 1. The van der Waals surface area contributed by atoms with Gasteiger partial charge >= 0.3 is 6.18 Å². The summed E-state index contributed by atoms with van der Waals surface area (Å²) in [6.07, 6.45) is 1.02. The van der Waals surface area contributed by atoms with Crippen molar-refractivity contribution in [1.82, 2.24) is 29.5 Å². The molecule has 0 fully saturated rings. The molecule has 162 valence electrons. The topological polar surface area (TPSA) is 108 Å². The summed E-state index contributed by atoms with van der Waals surface area (Å²) in [5, 5.41) is 8.50. The molecule has 0 unspecified atom stereocenters. The molecule has 0 aliphatic carbocycles. The third kappa shape index (κ3) is 3.83. The zero-order valence-electron chi connectivity index (χ0n) is 16.3. The molecular weight excluding hydrogens is 435 g/mol. The van der Waals surface area contributed by atoms with Gasteiger partial charge in [-0.25, -0.2) is 23.1 Å². The zero-order chi connectivity index (χ0) is 22.4. The maximum atomic E-state index is 12.9. The first-order valence-corrected chi connectivity index (χ1v) is 10.5. The Labute approximate surface area is 174 Å². The summed E-state index contributed by atoms with van der Waals surface area (Å²) in [4.78, 5) is 7.45. The van der Waals surface area contributed by atoms with Crippen LogP contribution in [0.3, 0.4) is 0 Å². The summed E-state index contributed by atoms with van der Waals surface area (Å²) in [7, 11) is -2.37. The lowest BCUT2D eigenvalue weighted by Gasteiger charge is -2.14. The number of aryl methyl sites for hydroxylation is 2. The number of hydrogen-bond donors (Lipinski definition) is 1. The normalized spacial score (nSPS) is 12.4. The van der Waals surface area contributed by atoms with Gasteiger partial charge in [0.15, 0.2) is 0 Å². The molecule has 0 bridgehead atoms. The van der Waals surface area contributed by atoms with E-state index in [1.165, 1.54) is 0 Å². The molecule has 0 saturated heterocycles. The molecule has 13 heteroatoms. The summed E-state index contributed by atoms with van der Waals surface area (Å²) in [6.45, 7) is 1.90. The van der Waals surface area contributed by atoms with Crippen LogP contribution in [-0.4, -0.2) is 37.9 Å². The summed E-state index contributed by atoms with van der Waals surface area (Å²) in [6, 6.07) is 3.67. The van der Waals surface area contributed by atoms with Gasteiger partial charge in [0.2, 0.25) is 0 Å². The summed E-state index contributed by atoms with van der Waals surface area (Å²) >= 11 is 0. The molecule has 9 nitrogen and oxygen atoms in total. The van der Waals surface area contributed by atoms with Gasteiger partial charge in [0.25, 0.3) is 16.0 Å². The van der Waals surface area contributed by atoms with E-state index in [9.17, 15) is 21.6 Å². The molecule has 3 aromatic heterocycles. The highest BCUT2D eigenvalue weighted by atomic mass is 32.2. The molecule has 4 aromatic rings. The number of hydrogen-bond acceptors (Lipinski definition) is 6. The highest BCUT2D eigenvalue weighted by molar-refractivity contribution is 7.92. The van der Waals surface area contributed by atoms with Crippen LogP contribution in [-0.2, 0) is 29.7 Å². The zero-order valence-corrected chi connectivity index (χ0v) is 17.1. The van der Waals surface area contributed by atoms with E-state index in [1.807, 2.05) is 19.1 Å². The van der Waals surface area contributed by atoms with E-state index in [0.717, 1.165) is 34.2 Å². The van der Waals surface area contributed by atoms with Gasteiger partial charge in [0.05, 0.1) is 41.6 Å². The minimum absolute atomic E-state index is 0.197. The number of sulfonamides is 1. The third-order valence-electron chi connectivity index (χ3n) is 4.65. The molecule has 1 N–H and O–H groups in total. The second-order valence-corrected chi connectivity index (χ2v) is 8.34. The minimum atomic E-state index is -4.56. The van der Waals surface area contributed by atoms with Crippen LogP contribution in [0.2, 0.25) is 0 Å². The monoisotopic (exact) mass is 451 g/mol. The molecule has 0 aliphatic rings. The lowest BCUT2D eigenvalue weighted by atomic mass is 10.1. The summed E-state index contributed by atoms with van der Waals surface area (Å²) in [5.74, 6) is -0.197. The van der Waals surface area contributed by atoms with E-state index in [2.05, 4.69) is 24.9 Å². The fourth-order valence-corrected chi connectivity index (χ4v) is 4.05. The molecule has 31 heavy (non-hydrogen) atoms. The van der Waals surface area contributed by atoms with E-state index < -0.39 is 21.8 Å². The van der Waals surface area contributed by atoms with Crippen LogP contribution in [0.5, 0.6) is 0 Å². The minimum Gasteiger partial charge on any atom is -0.277 e. The second kappa shape index (κ2) is 7.34. The first-order valence-electron chi connectivity index (χ1n) is 9.01. The van der Waals surface area contributed by atoms with Crippen molar-refractivity contribution in [2.24, 2.45) is 7.05 Å². The molecule has 3 heterocycles. The average Bonchev–Trinajstić information content (AvgIpc) is 3.36. The highest BCUT2D eigenvalue weighted by Gasteiger charge is 2.32. The smallest absolute Gasteiger partial charge is 0.277 e. The lowest BCUT2D eigenvalue weighted by molar-refractivity contribution is -0.137. The average molecular weight is 451 g/mol. The van der Waals surface area contributed by atoms with Crippen molar-refractivity contribution < 1.29 is 21.6 Å². The summed E-state index contributed by atoms with van der Waals surface area (Å²) in [5.41, 5.74) is 0.821. The number of rotatable bonds is 5.